The molecule has 0 fully saturated rings. The minimum Gasteiger partial charge on any atom is -0.385 e. The van der Waals surface area contributed by atoms with Crippen molar-refractivity contribution in [1.82, 2.24) is 35.2 Å². The number of hydrogen-bond acceptors (Lipinski definition) is 5. The molecule has 0 radical (unpaired) electrons. The molecule has 2 N–H and O–H groups in total. The van der Waals surface area contributed by atoms with Gasteiger partial charge in [0.25, 0.3) is 0 Å². The minimum atomic E-state index is 0. The van der Waals surface area contributed by atoms with Gasteiger partial charge in [0.15, 0.2) is 11.8 Å². The molecule has 0 atom stereocenters. The molecule has 168 valence electrons. The van der Waals surface area contributed by atoms with E-state index in [1.165, 1.54) is 5.56 Å². The summed E-state index contributed by atoms with van der Waals surface area (Å²) in [5.74, 6) is 2.47. The van der Waals surface area contributed by atoms with E-state index in [-0.39, 0.29) is 24.0 Å². The third-order valence-electron chi connectivity index (χ3n) is 4.79. The van der Waals surface area contributed by atoms with Crippen molar-refractivity contribution in [1.29, 1.82) is 0 Å². The topological polar surface area (TPSA) is 94.2 Å². The van der Waals surface area contributed by atoms with Crippen molar-refractivity contribution in [2.75, 3.05) is 26.8 Å². The minimum absolute atomic E-state index is 0. The molecule has 2 heterocycles. The van der Waals surface area contributed by atoms with Gasteiger partial charge < -0.3 is 19.9 Å². The number of nitrogens with one attached hydrogen (secondary N) is 2. The Kier molecular flexibility index (Phi) is 10.4. The molecular weight excluding hydrogens is 507 g/mol. The second-order valence-corrected chi connectivity index (χ2v) is 6.95. The Balaban J connectivity index is 0.00000341. The van der Waals surface area contributed by atoms with E-state index >= 15 is 0 Å². The summed E-state index contributed by atoms with van der Waals surface area (Å²) < 4.78 is 8.92. The van der Waals surface area contributed by atoms with E-state index in [1.807, 2.05) is 35.5 Å². The summed E-state index contributed by atoms with van der Waals surface area (Å²) >= 11 is 0. The highest BCUT2D eigenvalue weighted by atomic mass is 127. The summed E-state index contributed by atoms with van der Waals surface area (Å²) in [7, 11) is 3.66. The fourth-order valence-corrected chi connectivity index (χ4v) is 2.90. The number of aryl methyl sites for hydroxylation is 1. The highest BCUT2D eigenvalue weighted by molar-refractivity contribution is 14.0. The molecule has 0 saturated carbocycles. The number of guanidine groups is 1. The Morgan fingerprint density at radius 2 is 1.90 bits per heavy atom. The van der Waals surface area contributed by atoms with E-state index in [9.17, 15) is 0 Å². The van der Waals surface area contributed by atoms with Crippen LogP contribution in [0.4, 0.5) is 0 Å². The van der Waals surface area contributed by atoms with E-state index in [2.05, 4.69) is 55.2 Å². The van der Waals surface area contributed by atoms with Crippen LogP contribution in [0.25, 0.3) is 5.69 Å². The fraction of sp³-hybridized carbons (Fsp3) is 0.429. The smallest absolute Gasteiger partial charge is 0.191 e. The van der Waals surface area contributed by atoms with Crippen LogP contribution in [0.5, 0.6) is 0 Å². The van der Waals surface area contributed by atoms with Crippen molar-refractivity contribution < 1.29 is 4.74 Å². The maximum atomic E-state index is 5.12. The molecule has 9 nitrogen and oxygen atoms in total. The Labute approximate surface area is 200 Å². The predicted molar refractivity (Wildman–Crippen MR) is 132 cm³/mol. The SMILES string of the molecule is COCCCNC(=NCc1nnc(C)n1C)NCCc1ccc(-n2cccn2)cc1.I. The maximum absolute atomic E-state index is 5.12. The van der Waals surface area contributed by atoms with Crippen LogP contribution in [0.15, 0.2) is 47.7 Å². The van der Waals surface area contributed by atoms with Crippen LogP contribution in [0, 0.1) is 6.92 Å². The first-order chi connectivity index (χ1) is 14.7. The fourth-order valence-electron chi connectivity index (χ4n) is 2.90. The molecular formula is C21H31IN8O. The zero-order valence-corrected chi connectivity index (χ0v) is 20.6. The number of hydrogen-bond donors (Lipinski definition) is 2. The standard InChI is InChI=1S/C21H30N8O.HI/c1-17-26-27-20(28(17)2)16-24-21(22-11-5-15-30-3)23-13-10-18-6-8-19(9-7-18)29-14-4-12-25-29;/h4,6-9,12,14H,5,10-11,13,15-16H2,1-3H3,(H2,22,23,24);1H. The molecule has 0 saturated heterocycles. The highest BCUT2D eigenvalue weighted by Crippen LogP contribution is 2.08. The Morgan fingerprint density at radius 3 is 2.55 bits per heavy atom. The van der Waals surface area contributed by atoms with Gasteiger partial charge in [-0.25, -0.2) is 9.67 Å². The van der Waals surface area contributed by atoms with Gasteiger partial charge in [0.2, 0.25) is 0 Å². The summed E-state index contributed by atoms with van der Waals surface area (Å²) in [5.41, 5.74) is 2.30. The van der Waals surface area contributed by atoms with Gasteiger partial charge in [-0.2, -0.15) is 5.10 Å². The second kappa shape index (κ2) is 13.1. The molecule has 0 amide bonds. The van der Waals surface area contributed by atoms with Gasteiger partial charge in [-0.1, -0.05) is 12.1 Å². The van der Waals surface area contributed by atoms with E-state index in [1.54, 1.807) is 13.3 Å². The number of benzene rings is 1. The first kappa shape index (κ1) is 24.8. The number of ether oxygens (including phenoxy) is 1. The number of methoxy groups -OCH3 is 1. The first-order valence-corrected chi connectivity index (χ1v) is 10.1. The van der Waals surface area contributed by atoms with Crippen molar-refractivity contribution in [2.45, 2.75) is 26.3 Å². The normalized spacial score (nSPS) is 11.3. The Hall–Kier alpha value is -2.47. The molecule has 2 aromatic heterocycles. The molecule has 0 aliphatic heterocycles. The lowest BCUT2D eigenvalue weighted by Crippen LogP contribution is -2.39. The number of halogens is 1. The Morgan fingerprint density at radius 1 is 1.13 bits per heavy atom. The van der Waals surface area contributed by atoms with E-state index in [4.69, 9.17) is 4.74 Å². The lowest BCUT2D eigenvalue weighted by atomic mass is 10.1. The average molecular weight is 538 g/mol. The summed E-state index contributed by atoms with van der Waals surface area (Å²) in [6.45, 7) is 4.67. The van der Waals surface area contributed by atoms with Crippen LogP contribution >= 0.6 is 24.0 Å². The molecule has 0 aliphatic carbocycles. The number of rotatable bonds is 10. The van der Waals surface area contributed by atoms with Crippen LogP contribution < -0.4 is 10.6 Å². The van der Waals surface area contributed by atoms with E-state index in [0.717, 1.165) is 49.2 Å². The third kappa shape index (κ3) is 7.62. The van der Waals surface area contributed by atoms with Gasteiger partial charge in [-0.05, 0) is 43.5 Å². The van der Waals surface area contributed by atoms with Crippen molar-refractivity contribution in [2.24, 2.45) is 12.0 Å². The maximum Gasteiger partial charge on any atom is 0.191 e. The molecule has 1 aromatic carbocycles. The van der Waals surface area contributed by atoms with Crippen molar-refractivity contribution in [3.8, 4) is 5.69 Å². The highest BCUT2D eigenvalue weighted by Gasteiger charge is 2.05. The van der Waals surface area contributed by atoms with Crippen LogP contribution in [0.1, 0.15) is 23.6 Å². The van der Waals surface area contributed by atoms with Crippen LogP contribution in [-0.2, 0) is 24.8 Å². The van der Waals surface area contributed by atoms with Crippen molar-refractivity contribution in [3.63, 3.8) is 0 Å². The molecule has 3 aromatic rings. The van der Waals surface area contributed by atoms with Crippen LogP contribution in [-0.4, -0.2) is 57.3 Å². The quantitative estimate of drug-likeness (QED) is 0.178. The molecule has 0 spiro atoms. The first-order valence-electron chi connectivity index (χ1n) is 10.1. The second-order valence-electron chi connectivity index (χ2n) is 6.95. The molecule has 0 unspecified atom stereocenters. The zero-order valence-electron chi connectivity index (χ0n) is 18.3. The number of aromatic nitrogens is 5. The molecule has 0 bridgehead atoms. The monoisotopic (exact) mass is 538 g/mol. The van der Waals surface area contributed by atoms with Crippen LogP contribution in [0.2, 0.25) is 0 Å². The lowest BCUT2D eigenvalue weighted by Gasteiger charge is -2.13. The average Bonchev–Trinajstić information content (AvgIpc) is 3.41. The van der Waals surface area contributed by atoms with Gasteiger partial charge in [0.05, 0.1) is 5.69 Å². The summed E-state index contributed by atoms with van der Waals surface area (Å²) in [5, 5.41) is 19.3. The summed E-state index contributed by atoms with van der Waals surface area (Å²) in [4.78, 5) is 4.66. The molecule has 3 rings (SSSR count). The van der Waals surface area contributed by atoms with Gasteiger partial charge >= 0.3 is 0 Å². The number of aliphatic imine (C=N–C) groups is 1. The summed E-state index contributed by atoms with van der Waals surface area (Å²) in [6.07, 6.45) is 5.52. The molecule has 31 heavy (non-hydrogen) atoms. The molecule has 10 heteroatoms. The van der Waals surface area contributed by atoms with E-state index in [0.29, 0.717) is 13.2 Å². The van der Waals surface area contributed by atoms with Gasteiger partial charge in [0, 0.05) is 46.2 Å². The van der Waals surface area contributed by atoms with Crippen molar-refractivity contribution in [3.05, 3.63) is 59.9 Å². The van der Waals surface area contributed by atoms with Gasteiger partial charge in [-0.3, -0.25) is 0 Å². The van der Waals surface area contributed by atoms with Crippen molar-refractivity contribution >= 4 is 29.9 Å². The van der Waals surface area contributed by atoms with Crippen LogP contribution in [0.3, 0.4) is 0 Å². The van der Waals surface area contributed by atoms with Gasteiger partial charge in [0.1, 0.15) is 12.4 Å². The predicted octanol–water partition coefficient (Wildman–Crippen LogP) is 2.24. The largest absolute Gasteiger partial charge is 0.385 e. The summed E-state index contributed by atoms with van der Waals surface area (Å²) in [6, 6.07) is 10.3. The third-order valence-corrected chi connectivity index (χ3v) is 4.79. The number of nitrogens with zero attached hydrogens (tertiary/aromatic N) is 6. The lowest BCUT2D eigenvalue weighted by molar-refractivity contribution is 0.195. The molecule has 0 aliphatic rings. The Bertz CT molecular complexity index is 922. The zero-order chi connectivity index (χ0) is 21.2. The van der Waals surface area contributed by atoms with Gasteiger partial charge in [-0.15, -0.1) is 34.2 Å². The van der Waals surface area contributed by atoms with E-state index < -0.39 is 0 Å².